The molecule has 1 aliphatic heterocycles. The SMILES string of the molecule is C[C@@]1(F)C[C@@H](C(=O)CCc2cc(F)cc(-c3ccc(C(F)(F)F)nn3)c2)N(S(=O)(=O)c2ccc(F)cc2)C1. The maximum atomic E-state index is 14.9. The van der Waals surface area contributed by atoms with Crippen LogP contribution in [0.25, 0.3) is 11.3 Å². The van der Waals surface area contributed by atoms with Gasteiger partial charge < -0.3 is 0 Å². The monoisotopic (exact) mass is 557 g/mol. The summed E-state index contributed by atoms with van der Waals surface area (Å²) < 4.78 is 108. The fourth-order valence-corrected chi connectivity index (χ4v) is 6.00. The second-order valence-electron chi connectivity index (χ2n) is 9.25. The summed E-state index contributed by atoms with van der Waals surface area (Å²) in [6.45, 7) is 0.608. The van der Waals surface area contributed by atoms with E-state index < -0.39 is 57.6 Å². The average Bonchev–Trinajstić information content (AvgIpc) is 3.18. The van der Waals surface area contributed by atoms with Crippen LogP contribution in [0.3, 0.4) is 0 Å². The van der Waals surface area contributed by atoms with Crippen molar-refractivity contribution in [1.82, 2.24) is 14.5 Å². The predicted molar refractivity (Wildman–Crippen MR) is 124 cm³/mol. The van der Waals surface area contributed by atoms with Gasteiger partial charge in [-0.1, -0.05) is 0 Å². The van der Waals surface area contributed by atoms with Crippen LogP contribution in [-0.4, -0.2) is 47.0 Å². The molecule has 0 aliphatic carbocycles. The molecule has 0 spiro atoms. The quantitative estimate of drug-likeness (QED) is 0.376. The molecule has 0 bridgehead atoms. The number of hydrogen-bond acceptors (Lipinski definition) is 5. The Hall–Kier alpha value is -3.32. The zero-order valence-corrected chi connectivity index (χ0v) is 20.7. The van der Waals surface area contributed by atoms with Gasteiger partial charge in [0.2, 0.25) is 10.0 Å². The topological polar surface area (TPSA) is 80.2 Å². The van der Waals surface area contributed by atoms with E-state index in [1.165, 1.54) is 13.0 Å². The first kappa shape index (κ1) is 27.7. The highest BCUT2D eigenvalue weighted by Gasteiger charge is 2.49. The van der Waals surface area contributed by atoms with Crippen LogP contribution < -0.4 is 0 Å². The van der Waals surface area contributed by atoms with Crippen LogP contribution in [0.1, 0.15) is 31.0 Å². The first-order chi connectivity index (χ1) is 17.7. The molecule has 13 heteroatoms. The van der Waals surface area contributed by atoms with Crippen molar-refractivity contribution in [3.63, 3.8) is 0 Å². The van der Waals surface area contributed by atoms with Crippen LogP contribution in [0.15, 0.2) is 59.5 Å². The summed E-state index contributed by atoms with van der Waals surface area (Å²) in [6.07, 6.45) is -5.39. The normalized spacial score (nSPS) is 20.6. The van der Waals surface area contributed by atoms with E-state index in [4.69, 9.17) is 0 Å². The van der Waals surface area contributed by atoms with Gasteiger partial charge in [0, 0.05) is 24.9 Å². The predicted octanol–water partition coefficient (Wildman–Crippen LogP) is 5.13. The van der Waals surface area contributed by atoms with Gasteiger partial charge in [-0.2, -0.15) is 17.5 Å². The average molecular weight is 558 g/mol. The number of sulfonamides is 1. The molecule has 1 aliphatic rings. The minimum absolute atomic E-state index is 0.0226. The van der Waals surface area contributed by atoms with Crippen LogP contribution in [0.4, 0.5) is 26.3 Å². The van der Waals surface area contributed by atoms with Gasteiger partial charge in [-0.05, 0) is 73.5 Å². The van der Waals surface area contributed by atoms with E-state index in [1.54, 1.807) is 0 Å². The number of Topliss-reactive ketones (excluding diaryl/α,β-unsaturated/α-hetero) is 1. The van der Waals surface area contributed by atoms with E-state index in [-0.39, 0.29) is 35.4 Å². The van der Waals surface area contributed by atoms with Crippen LogP contribution >= 0.6 is 0 Å². The number of alkyl halides is 4. The van der Waals surface area contributed by atoms with Gasteiger partial charge in [0.1, 0.15) is 17.3 Å². The molecule has 2 aromatic carbocycles. The Morgan fingerprint density at radius 1 is 1.03 bits per heavy atom. The Balaban J connectivity index is 1.52. The summed E-state index contributed by atoms with van der Waals surface area (Å²) in [5.74, 6) is -1.99. The number of hydrogen-bond donors (Lipinski definition) is 0. The third-order valence-electron chi connectivity index (χ3n) is 6.11. The lowest BCUT2D eigenvalue weighted by molar-refractivity contribution is -0.141. The van der Waals surface area contributed by atoms with Crippen molar-refractivity contribution in [2.75, 3.05) is 6.54 Å². The van der Waals surface area contributed by atoms with Gasteiger partial charge in [0.15, 0.2) is 11.5 Å². The Bertz CT molecular complexity index is 1440. The van der Waals surface area contributed by atoms with Crippen molar-refractivity contribution in [3.8, 4) is 11.3 Å². The molecule has 38 heavy (non-hydrogen) atoms. The highest BCUT2D eigenvalue weighted by Crippen LogP contribution is 2.36. The lowest BCUT2D eigenvalue weighted by atomic mass is 9.97. The molecule has 3 aromatic rings. The molecule has 1 aromatic heterocycles. The molecule has 2 atom stereocenters. The van der Waals surface area contributed by atoms with E-state index in [9.17, 15) is 39.6 Å². The zero-order chi connectivity index (χ0) is 27.9. The minimum Gasteiger partial charge on any atom is -0.298 e. The van der Waals surface area contributed by atoms with Crippen molar-refractivity contribution < 1.29 is 39.6 Å². The number of aromatic nitrogens is 2. The van der Waals surface area contributed by atoms with Gasteiger partial charge in [-0.15, -0.1) is 10.2 Å². The number of benzene rings is 2. The Morgan fingerprint density at radius 2 is 1.71 bits per heavy atom. The number of rotatable bonds is 7. The van der Waals surface area contributed by atoms with E-state index in [2.05, 4.69) is 10.2 Å². The summed E-state index contributed by atoms with van der Waals surface area (Å²) in [6, 6.07) is 7.95. The summed E-state index contributed by atoms with van der Waals surface area (Å²) in [4.78, 5) is 12.8. The van der Waals surface area contributed by atoms with E-state index in [1.807, 2.05) is 0 Å². The summed E-state index contributed by atoms with van der Waals surface area (Å²) >= 11 is 0. The number of carbonyl (C=O) groups excluding carboxylic acids is 1. The fraction of sp³-hybridized carbons (Fsp3) is 0.320. The summed E-state index contributed by atoms with van der Waals surface area (Å²) in [5, 5.41) is 6.62. The van der Waals surface area contributed by atoms with Crippen LogP contribution in [0.5, 0.6) is 0 Å². The third kappa shape index (κ3) is 6.04. The molecule has 1 fully saturated rings. The molecule has 0 saturated carbocycles. The Morgan fingerprint density at radius 3 is 2.32 bits per heavy atom. The van der Waals surface area contributed by atoms with Crippen molar-refractivity contribution in [1.29, 1.82) is 0 Å². The van der Waals surface area contributed by atoms with Crippen LogP contribution in [0, 0.1) is 11.6 Å². The lowest BCUT2D eigenvalue weighted by Crippen LogP contribution is -2.41. The Kier molecular flexibility index (Phi) is 7.36. The van der Waals surface area contributed by atoms with Crippen LogP contribution in [0.2, 0.25) is 0 Å². The van der Waals surface area contributed by atoms with Crippen molar-refractivity contribution in [2.24, 2.45) is 0 Å². The zero-order valence-electron chi connectivity index (χ0n) is 19.8. The van der Waals surface area contributed by atoms with Gasteiger partial charge in [-0.3, -0.25) is 4.79 Å². The third-order valence-corrected chi connectivity index (χ3v) is 7.98. The Labute approximate surface area is 214 Å². The lowest BCUT2D eigenvalue weighted by Gasteiger charge is -2.23. The van der Waals surface area contributed by atoms with Gasteiger partial charge in [0.25, 0.3) is 0 Å². The maximum Gasteiger partial charge on any atom is 0.435 e. The molecule has 202 valence electrons. The molecule has 0 N–H and O–H groups in total. The standard InChI is InChI=1S/C25H21F6N3O3S/c1-24(28)13-21(34(14-24)38(36,37)19-5-3-17(26)4-6-19)22(35)8-2-15-10-16(12-18(27)11-15)20-7-9-23(33-32-20)25(29,30)31/h3-7,9-12,21H,2,8,13-14H2,1H3/t21-,24+/m0/s1. The van der Waals surface area contributed by atoms with Gasteiger partial charge in [0.05, 0.1) is 16.6 Å². The molecule has 0 amide bonds. The smallest absolute Gasteiger partial charge is 0.298 e. The second kappa shape index (κ2) is 10.1. The number of carbonyl (C=O) groups is 1. The van der Waals surface area contributed by atoms with Crippen molar-refractivity contribution >= 4 is 15.8 Å². The molecule has 4 rings (SSSR count). The molecule has 0 radical (unpaired) electrons. The largest absolute Gasteiger partial charge is 0.435 e. The van der Waals surface area contributed by atoms with E-state index >= 15 is 0 Å². The molecule has 1 saturated heterocycles. The van der Waals surface area contributed by atoms with Crippen molar-refractivity contribution in [3.05, 3.63) is 77.5 Å². The van der Waals surface area contributed by atoms with E-state index in [0.29, 0.717) is 11.6 Å². The molecular weight excluding hydrogens is 536 g/mol. The fourth-order valence-electron chi connectivity index (χ4n) is 4.29. The number of ketones is 1. The van der Waals surface area contributed by atoms with Gasteiger partial charge >= 0.3 is 6.18 Å². The number of nitrogens with zero attached hydrogens (tertiary/aromatic N) is 3. The first-order valence-corrected chi connectivity index (χ1v) is 12.8. The second-order valence-corrected chi connectivity index (χ2v) is 11.1. The minimum atomic E-state index is -4.69. The summed E-state index contributed by atoms with van der Waals surface area (Å²) in [7, 11) is -4.32. The van der Waals surface area contributed by atoms with E-state index in [0.717, 1.165) is 46.8 Å². The molecule has 6 nitrogen and oxygen atoms in total. The molecule has 0 unspecified atom stereocenters. The summed E-state index contributed by atoms with van der Waals surface area (Å²) in [5.41, 5.74) is -2.79. The van der Waals surface area contributed by atoms with Crippen molar-refractivity contribution in [2.45, 2.75) is 49.0 Å². The first-order valence-electron chi connectivity index (χ1n) is 11.4. The highest BCUT2D eigenvalue weighted by molar-refractivity contribution is 7.89. The highest BCUT2D eigenvalue weighted by atomic mass is 32.2. The van der Waals surface area contributed by atoms with Crippen LogP contribution in [-0.2, 0) is 27.4 Å². The van der Waals surface area contributed by atoms with Gasteiger partial charge in [-0.25, -0.2) is 21.6 Å². The number of aryl methyl sites for hydroxylation is 1. The molecule has 2 heterocycles. The molecular formula is C25H21F6N3O3S. The maximum absolute atomic E-state index is 14.9. The number of halogens is 6.